The average Bonchev–Trinajstić information content (AvgIpc) is 2.17. The Labute approximate surface area is 98.8 Å². The van der Waals surface area contributed by atoms with Crippen molar-refractivity contribution in [2.75, 3.05) is 6.61 Å². The van der Waals surface area contributed by atoms with Crippen molar-refractivity contribution < 1.29 is 14.9 Å². The molecule has 0 aromatic heterocycles. The van der Waals surface area contributed by atoms with E-state index < -0.39 is 6.29 Å². The molecule has 2 N–H and O–H groups in total. The summed E-state index contributed by atoms with van der Waals surface area (Å²) in [6.07, 6.45) is 3.96. The zero-order valence-corrected chi connectivity index (χ0v) is 10.8. The Bertz CT molecular complexity index is 205. The first kappa shape index (κ1) is 13.9. The Morgan fingerprint density at radius 2 is 2.12 bits per heavy atom. The summed E-state index contributed by atoms with van der Waals surface area (Å²) in [5.41, 5.74) is -0.188. The highest BCUT2D eigenvalue weighted by molar-refractivity contribution is 4.90. The Hall–Kier alpha value is -0.120. The van der Waals surface area contributed by atoms with Gasteiger partial charge in [0, 0.05) is 13.0 Å². The molecule has 1 aliphatic rings. The molecule has 0 aromatic carbocycles. The Kier molecular flexibility index (Phi) is 5.22. The van der Waals surface area contributed by atoms with Crippen LogP contribution in [0.5, 0.6) is 0 Å². The van der Waals surface area contributed by atoms with Crippen molar-refractivity contribution in [3.8, 4) is 0 Å². The lowest BCUT2D eigenvalue weighted by Gasteiger charge is -2.44. The maximum Gasteiger partial charge on any atom is 0.157 e. The van der Waals surface area contributed by atoms with E-state index in [-0.39, 0.29) is 12.2 Å². The van der Waals surface area contributed by atoms with Crippen molar-refractivity contribution in [3.05, 3.63) is 0 Å². The van der Waals surface area contributed by atoms with Crippen molar-refractivity contribution in [1.29, 1.82) is 0 Å². The van der Waals surface area contributed by atoms with Crippen molar-refractivity contribution in [2.24, 2.45) is 11.8 Å². The molecule has 3 unspecified atom stereocenters. The Morgan fingerprint density at radius 3 is 2.62 bits per heavy atom. The molecule has 1 aliphatic carbocycles. The number of aliphatic hydroxyl groups excluding tert-OH is 2. The largest absolute Gasteiger partial charge is 0.396 e. The van der Waals surface area contributed by atoms with Gasteiger partial charge in [-0.2, -0.15) is 0 Å². The summed E-state index contributed by atoms with van der Waals surface area (Å²) in [5, 5.41) is 18.5. The molecule has 3 nitrogen and oxygen atoms in total. The van der Waals surface area contributed by atoms with E-state index in [4.69, 9.17) is 9.84 Å². The van der Waals surface area contributed by atoms with Crippen molar-refractivity contribution in [1.82, 2.24) is 0 Å². The lowest BCUT2D eigenvalue weighted by atomic mass is 9.73. The third kappa shape index (κ3) is 3.44. The third-order valence-electron chi connectivity index (χ3n) is 3.79. The molecule has 0 amide bonds. The molecular weight excluding hydrogens is 204 g/mol. The zero-order chi connectivity index (χ0) is 12.2. The lowest BCUT2D eigenvalue weighted by molar-refractivity contribution is -0.222. The first-order valence-corrected chi connectivity index (χ1v) is 6.47. The van der Waals surface area contributed by atoms with Crippen LogP contribution in [0, 0.1) is 11.8 Å². The van der Waals surface area contributed by atoms with Crippen LogP contribution in [0.3, 0.4) is 0 Å². The quantitative estimate of drug-likeness (QED) is 0.713. The Balaban J connectivity index is 2.64. The minimum absolute atomic E-state index is 0.0229. The van der Waals surface area contributed by atoms with Gasteiger partial charge in [0.1, 0.15) is 0 Å². The highest BCUT2D eigenvalue weighted by Gasteiger charge is 2.40. The van der Waals surface area contributed by atoms with Crippen LogP contribution in [-0.2, 0) is 4.74 Å². The molecule has 1 fully saturated rings. The molecule has 1 saturated carbocycles. The predicted molar refractivity (Wildman–Crippen MR) is 64.0 cm³/mol. The summed E-state index contributed by atoms with van der Waals surface area (Å²) in [6, 6.07) is 0. The maximum atomic E-state index is 9.72. The van der Waals surface area contributed by atoms with E-state index in [2.05, 4.69) is 20.8 Å². The van der Waals surface area contributed by atoms with Gasteiger partial charge in [-0.15, -0.1) is 0 Å². The molecule has 3 atom stereocenters. The summed E-state index contributed by atoms with van der Waals surface area (Å²) in [6.45, 7) is 6.54. The highest BCUT2D eigenvalue weighted by atomic mass is 16.6. The van der Waals surface area contributed by atoms with E-state index in [1.807, 2.05) is 0 Å². The van der Waals surface area contributed by atoms with E-state index in [9.17, 15) is 5.11 Å². The van der Waals surface area contributed by atoms with Crippen LogP contribution >= 0.6 is 0 Å². The second kappa shape index (κ2) is 5.99. The van der Waals surface area contributed by atoms with Crippen LogP contribution in [0.25, 0.3) is 0 Å². The van der Waals surface area contributed by atoms with Gasteiger partial charge in [-0.25, -0.2) is 0 Å². The van der Waals surface area contributed by atoms with Gasteiger partial charge in [0.25, 0.3) is 0 Å². The van der Waals surface area contributed by atoms with E-state index in [0.29, 0.717) is 18.3 Å². The van der Waals surface area contributed by atoms with Gasteiger partial charge >= 0.3 is 0 Å². The van der Waals surface area contributed by atoms with E-state index in [1.165, 1.54) is 12.8 Å². The molecule has 0 saturated heterocycles. The number of rotatable bonds is 5. The summed E-state index contributed by atoms with van der Waals surface area (Å²) in [5.74, 6) is 1.07. The predicted octanol–water partition coefficient (Wildman–Crippen LogP) is 2.31. The monoisotopic (exact) mass is 230 g/mol. The summed E-state index contributed by atoms with van der Waals surface area (Å²) < 4.78 is 5.85. The molecule has 0 heterocycles. The molecule has 0 aliphatic heterocycles. The number of aliphatic hydroxyl groups is 2. The zero-order valence-electron chi connectivity index (χ0n) is 10.8. The third-order valence-corrected chi connectivity index (χ3v) is 3.79. The molecular formula is C13H26O3. The van der Waals surface area contributed by atoms with Crippen LogP contribution in [0.15, 0.2) is 0 Å². The summed E-state index contributed by atoms with van der Waals surface area (Å²) in [7, 11) is 0. The van der Waals surface area contributed by atoms with Crippen molar-refractivity contribution in [3.63, 3.8) is 0 Å². The number of hydrogen-bond donors (Lipinski definition) is 2. The molecule has 0 spiro atoms. The van der Waals surface area contributed by atoms with Gasteiger partial charge < -0.3 is 14.9 Å². The highest BCUT2D eigenvalue weighted by Crippen LogP contribution is 2.41. The van der Waals surface area contributed by atoms with Gasteiger partial charge in [0.05, 0.1) is 5.60 Å². The summed E-state index contributed by atoms with van der Waals surface area (Å²) in [4.78, 5) is 0. The molecule has 3 heteroatoms. The lowest BCUT2D eigenvalue weighted by Crippen LogP contribution is -2.45. The van der Waals surface area contributed by atoms with Crippen LogP contribution in [0.4, 0.5) is 0 Å². The molecule has 0 radical (unpaired) electrons. The molecule has 0 bridgehead atoms. The second-order valence-electron chi connectivity index (χ2n) is 5.51. The minimum atomic E-state index is -0.822. The van der Waals surface area contributed by atoms with E-state index in [0.717, 1.165) is 12.8 Å². The number of hydrogen-bond acceptors (Lipinski definition) is 3. The average molecular weight is 230 g/mol. The standard InChI is InChI=1S/C13H26O3/c1-10(2)13(16-12(15)6-8-14)7-4-5-11(3)9-13/h10-12,14-15H,4-9H2,1-3H3. The van der Waals surface area contributed by atoms with Crippen LogP contribution in [0.2, 0.25) is 0 Å². The van der Waals surface area contributed by atoms with Crippen LogP contribution in [0.1, 0.15) is 52.9 Å². The minimum Gasteiger partial charge on any atom is -0.396 e. The fourth-order valence-corrected chi connectivity index (χ4v) is 2.75. The summed E-state index contributed by atoms with van der Waals surface area (Å²) >= 11 is 0. The molecule has 1 rings (SSSR count). The number of ether oxygens (including phenoxy) is 1. The smallest absolute Gasteiger partial charge is 0.157 e. The van der Waals surface area contributed by atoms with Crippen LogP contribution in [-0.4, -0.2) is 28.7 Å². The first-order valence-electron chi connectivity index (χ1n) is 6.47. The fourth-order valence-electron chi connectivity index (χ4n) is 2.75. The van der Waals surface area contributed by atoms with E-state index in [1.54, 1.807) is 0 Å². The second-order valence-corrected chi connectivity index (χ2v) is 5.51. The normalized spacial score (nSPS) is 33.0. The van der Waals surface area contributed by atoms with Crippen molar-refractivity contribution in [2.45, 2.75) is 64.8 Å². The van der Waals surface area contributed by atoms with Gasteiger partial charge in [-0.3, -0.25) is 0 Å². The molecule has 0 aromatic rings. The molecule has 16 heavy (non-hydrogen) atoms. The first-order chi connectivity index (χ1) is 7.50. The van der Waals surface area contributed by atoms with Crippen LogP contribution < -0.4 is 0 Å². The van der Waals surface area contributed by atoms with Crippen molar-refractivity contribution >= 4 is 0 Å². The van der Waals surface area contributed by atoms with Gasteiger partial charge in [-0.05, 0) is 24.7 Å². The van der Waals surface area contributed by atoms with Gasteiger partial charge in [-0.1, -0.05) is 33.6 Å². The topological polar surface area (TPSA) is 49.7 Å². The van der Waals surface area contributed by atoms with E-state index >= 15 is 0 Å². The van der Waals surface area contributed by atoms with Gasteiger partial charge in [0.15, 0.2) is 6.29 Å². The Morgan fingerprint density at radius 1 is 1.44 bits per heavy atom. The molecule has 96 valence electrons. The fraction of sp³-hybridized carbons (Fsp3) is 1.00. The van der Waals surface area contributed by atoms with Gasteiger partial charge in [0.2, 0.25) is 0 Å². The maximum absolute atomic E-state index is 9.72. The SMILES string of the molecule is CC1CCCC(OC(O)CCO)(C(C)C)C1.